The van der Waals surface area contributed by atoms with Gasteiger partial charge in [0.1, 0.15) is 0 Å². The Bertz CT molecular complexity index is 544. The summed E-state index contributed by atoms with van der Waals surface area (Å²) in [5.41, 5.74) is 1.07. The summed E-state index contributed by atoms with van der Waals surface area (Å²) in [4.78, 5) is 11.6. The number of halogens is 1. The van der Waals surface area contributed by atoms with Crippen molar-refractivity contribution in [3.63, 3.8) is 0 Å². The maximum atomic E-state index is 11.6. The molecule has 0 saturated carbocycles. The van der Waals surface area contributed by atoms with Gasteiger partial charge in [0, 0.05) is 34.1 Å². The second-order valence-electron chi connectivity index (χ2n) is 3.52. The predicted octanol–water partition coefficient (Wildman–Crippen LogP) is 1.72. The highest BCUT2D eigenvalue weighted by atomic mass is 127. The summed E-state index contributed by atoms with van der Waals surface area (Å²) in [5, 5.41) is 4.18. The van der Waals surface area contributed by atoms with E-state index in [0.717, 1.165) is 15.7 Å². The minimum absolute atomic E-state index is 0.0182. The molecule has 0 fully saturated rings. The molecule has 0 aromatic carbocycles. The number of hydrogen-bond donors (Lipinski definition) is 0. The van der Waals surface area contributed by atoms with Gasteiger partial charge in [-0.3, -0.25) is 9.48 Å². The van der Waals surface area contributed by atoms with Crippen molar-refractivity contribution in [2.75, 3.05) is 0 Å². The molecule has 5 heteroatoms. The molecule has 0 saturated heterocycles. The van der Waals surface area contributed by atoms with E-state index in [1.165, 1.54) is 0 Å². The second-order valence-corrected chi connectivity index (χ2v) is 4.76. The number of hydrogen-bond acceptors (Lipinski definition) is 2. The zero-order valence-corrected chi connectivity index (χ0v) is 11.1. The molecule has 0 aliphatic rings. The molecule has 2 aromatic heterocycles. The summed E-state index contributed by atoms with van der Waals surface area (Å²) in [6, 6.07) is 3.40. The fraction of sp³-hybridized carbons (Fsp3) is 0.273. The van der Waals surface area contributed by atoms with Crippen LogP contribution in [-0.2, 0) is 13.1 Å². The maximum Gasteiger partial charge on any atom is 0.250 e. The standard InChI is InChI=1S/C11H12IN3O/c1-2-15-7-9(5-13-15)6-14-8-10(12)3-4-11(14)16/h3-5,7-8H,2,6H2,1H3. The van der Waals surface area contributed by atoms with E-state index in [-0.39, 0.29) is 5.56 Å². The van der Waals surface area contributed by atoms with E-state index < -0.39 is 0 Å². The van der Waals surface area contributed by atoms with E-state index >= 15 is 0 Å². The van der Waals surface area contributed by atoms with E-state index in [2.05, 4.69) is 27.7 Å². The number of rotatable bonds is 3. The molecule has 84 valence electrons. The minimum atomic E-state index is 0.0182. The molecular formula is C11H12IN3O. The van der Waals surface area contributed by atoms with Crippen LogP contribution in [0.3, 0.4) is 0 Å². The zero-order chi connectivity index (χ0) is 11.5. The Kier molecular flexibility index (Phi) is 3.42. The Morgan fingerprint density at radius 1 is 1.38 bits per heavy atom. The van der Waals surface area contributed by atoms with Gasteiger partial charge in [0.05, 0.1) is 12.7 Å². The van der Waals surface area contributed by atoms with Crippen LogP contribution in [0, 0.1) is 3.57 Å². The minimum Gasteiger partial charge on any atom is -0.310 e. The Hall–Kier alpha value is -1.11. The van der Waals surface area contributed by atoms with Gasteiger partial charge >= 0.3 is 0 Å². The lowest BCUT2D eigenvalue weighted by atomic mass is 10.3. The number of aryl methyl sites for hydroxylation is 1. The van der Waals surface area contributed by atoms with Crippen molar-refractivity contribution >= 4 is 22.6 Å². The van der Waals surface area contributed by atoms with Crippen LogP contribution in [0.1, 0.15) is 12.5 Å². The Labute approximate surface area is 107 Å². The molecule has 0 radical (unpaired) electrons. The van der Waals surface area contributed by atoms with Crippen LogP contribution < -0.4 is 5.56 Å². The summed E-state index contributed by atoms with van der Waals surface area (Å²) in [6.45, 7) is 3.46. The van der Waals surface area contributed by atoms with Gasteiger partial charge in [-0.05, 0) is 35.6 Å². The maximum absolute atomic E-state index is 11.6. The van der Waals surface area contributed by atoms with Crippen molar-refractivity contribution in [3.05, 3.63) is 50.2 Å². The van der Waals surface area contributed by atoms with Crippen LogP contribution >= 0.6 is 22.6 Å². The average molecular weight is 329 g/mol. The molecule has 0 atom stereocenters. The summed E-state index contributed by atoms with van der Waals surface area (Å²) in [6.07, 6.45) is 5.62. The first-order valence-electron chi connectivity index (χ1n) is 5.06. The number of aromatic nitrogens is 3. The third-order valence-corrected chi connectivity index (χ3v) is 2.95. The lowest BCUT2D eigenvalue weighted by Crippen LogP contribution is -2.19. The van der Waals surface area contributed by atoms with Gasteiger partial charge < -0.3 is 4.57 Å². The molecule has 0 aliphatic carbocycles. The van der Waals surface area contributed by atoms with Crippen LogP contribution in [0.4, 0.5) is 0 Å². The third kappa shape index (κ3) is 2.52. The molecule has 0 N–H and O–H groups in total. The monoisotopic (exact) mass is 329 g/mol. The third-order valence-electron chi connectivity index (χ3n) is 2.31. The number of nitrogens with zero attached hydrogens (tertiary/aromatic N) is 3. The summed E-state index contributed by atoms with van der Waals surface area (Å²) in [5.74, 6) is 0. The lowest BCUT2D eigenvalue weighted by molar-refractivity contribution is 0.658. The summed E-state index contributed by atoms with van der Waals surface area (Å²) < 4.78 is 4.60. The highest BCUT2D eigenvalue weighted by molar-refractivity contribution is 14.1. The lowest BCUT2D eigenvalue weighted by Gasteiger charge is -2.03. The molecular weight excluding hydrogens is 317 g/mol. The van der Waals surface area contributed by atoms with Gasteiger partial charge in [-0.1, -0.05) is 0 Å². The van der Waals surface area contributed by atoms with Gasteiger partial charge in [0.15, 0.2) is 0 Å². The first-order chi connectivity index (χ1) is 7.69. The summed E-state index contributed by atoms with van der Waals surface area (Å²) in [7, 11) is 0. The van der Waals surface area contributed by atoms with Gasteiger partial charge in [-0.15, -0.1) is 0 Å². The van der Waals surface area contributed by atoms with Gasteiger partial charge in [-0.25, -0.2) is 0 Å². The Balaban J connectivity index is 2.26. The molecule has 0 bridgehead atoms. The van der Waals surface area contributed by atoms with Crippen molar-refractivity contribution in [2.24, 2.45) is 0 Å². The van der Waals surface area contributed by atoms with E-state index in [1.807, 2.05) is 30.1 Å². The fourth-order valence-corrected chi connectivity index (χ4v) is 2.00. The largest absolute Gasteiger partial charge is 0.310 e. The fourth-order valence-electron chi connectivity index (χ4n) is 1.48. The van der Waals surface area contributed by atoms with E-state index in [0.29, 0.717) is 6.54 Å². The SMILES string of the molecule is CCn1cc(Cn2cc(I)ccc2=O)cn1. The van der Waals surface area contributed by atoms with Gasteiger partial charge in [-0.2, -0.15) is 5.10 Å². The molecule has 16 heavy (non-hydrogen) atoms. The predicted molar refractivity (Wildman–Crippen MR) is 70.4 cm³/mol. The van der Waals surface area contributed by atoms with Gasteiger partial charge in [0.25, 0.3) is 5.56 Å². The molecule has 0 aliphatic heterocycles. The average Bonchev–Trinajstić information content (AvgIpc) is 2.71. The first kappa shape index (κ1) is 11.4. The van der Waals surface area contributed by atoms with E-state index in [4.69, 9.17) is 0 Å². The molecule has 0 amide bonds. The Morgan fingerprint density at radius 2 is 2.19 bits per heavy atom. The zero-order valence-electron chi connectivity index (χ0n) is 8.93. The van der Waals surface area contributed by atoms with E-state index in [1.54, 1.807) is 16.8 Å². The van der Waals surface area contributed by atoms with Crippen LogP contribution in [0.2, 0.25) is 0 Å². The van der Waals surface area contributed by atoms with Crippen LogP contribution in [-0.4, -0.2) is 14.3 Å². The van der Waals surface area contributed by atoms with Crippen molar-refractivity contribution < 1.29 is 0 Å². The molecule has 2 heterocycles. The highest BCUT2D eigenvalue weighted by Gasteiger charge is 2.01. The van der Waals surface area contributed by atoms with Crippen LogP contribution in [0.15, 0.2) is 35.5 Å². The Morgan fingerprint density at radius 3 is 2.88 bits per heavy atom. The molecule has 2 aromatic rings. The molecule has 0 spiro atoms. The van der Waals surface area contributed by atoms with Crippen LogP contribution in [0.5, 0.6) is 0 Å². The molecule has 4 nitrogen and oxygen atoms in total. The van der Waals surface area contributed by atoms with E-state index in [9.17, 15) is 4.79 Å². The van der Waals surface area contributed by atoms with Crippen LogP contribution in [0.25, 0.3) is 0 Å². The molecule has 2 rings (SSSR count). The first-order valence-corrected chi connectivity index (χ1v) is 6.14. The van der Waals surface area contributed by atoms with Crippen molar-refractivity contribution in [1.29, 1.82) is 0 Å². The van der Waals surface area contributed by atoms with Crippen molar-refractivity contribution in [1.82, 2.24) is 14.3 Å². The van der Waals surface area contributed by atoms with Gasteiger partial charge in [0.2, 0.25) is 0 Å². The van der Waals surface area contributed by atoms with Crippen molar-refractivity contribution in [2.45, 2.75) is 20.0 Å². The second kappa shape index (κ2) is 4.82. The molecule has 0 unspecified atom stereocenters. The smallest absolute Gasteiger partial charge is 0.250 e. The number of pyridine rings is 1. The van der Waals surface area contributed by atoms with Crippen molar-refractivity contribution in [3.8, 4) is 0 Å². The highest BCUT2D eigenvalue weighted by Crippen LogP contribution is 2.03. The quantitative estimate of drug-likeness (QED) is 0.805. The normalized spacial score (nSPS) is 10.6. The summed E-state index contributed by atoms with van der Waals surface area (Å²) >= 11 is 2.20. The topological polar surface area (TPSA) is 39.8 Å².